The molecule has 0 amide bonds. The Kier molecular flexibility index (Phi) is 3.42. The van der Waals surface area contributed by atoms with Crippen molar-refractivity contribution in [1.29, 1.82) is 0 Å². The molecule has 2 aromatic rings. The second-order valence-corrected chi connectivity index (χ2v) is 5.07. The first-order valence-corrected chi connectivity index (χ1v) is 6.36. The molecule has 0 bridgehead atoms. The summed E-state index contributed by atoms with van der Waals surface area (Å²) in [5.41, 5.74) is 2.11. The van der Waals surface area contributed by atoms with E-state index >= 15 is 0 Å². The van der Waals surface area contributed by atoms with Crippen LogP contribution in [0.25, 0.3) is 10.1 Å². The molecule has 0 fully saturated rings. The quantitative estimate of drug-likeness (QED) is 0.811. The van der Waals surface area contributed by atoms with Gasteiger partial charge in [-0.3, -0.25) is 0 Å². The van der Waals surface area contributed by atoms with Crippen molar-refractivity contribution in [3.63, 3.8) is 0 Å². The van der Waals surface area contributed by atoms with Crippen molar-refractivity contribution in [3.8, 4) is 5.75 Å². The summed E-state index contributed by atoms with van der Waals surface area (Å²) in [6.45, 7) is 4.02. The van der Waals surface area contributed by atoms with E-state index in [-0.39, 0.29) is 0 Å². The normalized spacial score (nSPS) is 10.9. The minimum absolute atomic E-state index is 0.617. The molecule has 0 atom stereocenters. The monoisotopic (exact) mass is 250 g/mol. The molecule has 1 aromatic heterocycles. The van der Waals surface area contributed by atoms with Gasteiger partial charge in [0.05, 0.1) is 11.8 Å². The fourth-order valence-corrected chi connectivity index (χ4v) is 3.34. The molecule has 0 unspecified atom stereocenters. The molecule has 90 valence electrons. The van der Waals surface area contributed by atoms with Crippen molar-refractivity contribution in [2.75, 3.05) is 7.11 Å². The van der Waals surface area contributed by atoms with Crippen LogP contribution in [0.2, 0.25) is 0 Å². The maximum Gasteiger partial charge on any atom is 0.499 e. The van der Waals surface area contributed by atoms with Gasteiger partial charge >= 0.3 is 7.12 Å². The first kappa shape index (κ1) is 12.4. The van der Waals surface area contributed by atoms with Gasteiger partial charge in [-0.25, -0.2) is 0 Å². The number of thiophene rings is 1. The molecule has 0 radical (unpaired) electrons. The summed E-state index contributed by atoms with van der Waals surface area (Å²) < 4.78 is 6.95. The smallest absolute Gasteiger partial charge is 0.495 e. The second kappa shape index (κ2) is 4.68. The Morgan fingerprint density at radius 3 is 2.59 bits per heavy atom. The third-order valence-corrected chi connectivity index (χ3v) is 4.14. The lowest BCUT2D eigenvalue weighted by molar-refractivity contribution is 0.420. The molecule has 5 heteroatoms. The molecule has 0 aliphatic carbocycles. The summed E-state index contributed by atoms with van der Waals surface area (Å²) in [6, 6.07) is 4.03. The number of hydrogen-bond donors (Lipinski definition) is 2. The zero-order chi connectivity index (χ0) is 12.6. The van der Waals surface area contributed by atoms with Crippen LogP contribution in [-0.4, -0.2) is 24.3 Å². The minimum Gasteiger partial charge on any atom is -0.495 e. The molecule has 2 rings (SSSR count). The molecule has 3 nitrogen and oxygen atoms in total. The van der Waals surface area contributed by atoms with Crippen LogP contribution < -0.4 is 9.51 Å². The molecule has 0 spiro atoms. The molecule has 2 N–H and O–H groups in total. The predicted octanol–water partition coefficient (Wildman–Crippen LogP) is 1.46. The van der Waals surface area contributed by atoms with E-state index in [2.05, 4.69) is 6.07 Å². The van der Waals surface area contributed by atoms with E-state index in [4.69, 9.17) is 4.74 Å². The highest BCUT2D eigenvalue weighted by Gasteiger charge is 2.22. The lowest BCUT2D eigenvalue weighted by Gasteiger charge is -2.04. The maximum absolute atomic E-state index is 9.39. The SMILES string of the molecule is CCc1c(B(O)O)sc2c(OC)cc(C)cc12. The summed E-state index contributed by atoms with van der Waals surface area (Å²) in [5.74, 6) is 0.798. The molecule has 0 saturated heterocycles. The van der Waals surface area contributed by atoms with Gasteiger partial charge in [0.2, 0.25) is 0 Å². The van der Waals surface area contributed by atoms with Gasteiger partial charge in [0, 0.05) is 4.78 Å². The Labute approximate surface area is 105 Å². The van der Waals surface area contributed by atoms with Crippen molar-refractivity contribution in [3.05, 3.63) is 23.3 Å². The van der Waals surface area contributed by atoms with Gasteiger partial charge in [-0.1, -0.05) is 13.0 Å². The Morgan fingerprint density at radius 2 is 2.06 bits per heavy atom. The molecule has 0 aliphatic rings. The zero-order valence-electron chi connectivity index (χ0n) is 10.2. The van der Waals surface area contributed by atoms with Crippen LogP contribution in [0, 0.1) is 6.92 Å². The van der Waals surface area contributed by atoms with Crippen molar-refractivity contribution in [2.24, 2.45) is 0 Å². The van der Waals surface area contributed by atoms with Gasteiger partial charge in [0.25, 0.3) is 0 Å². The summed E-state index contributed by atoms with van der Waals surface area (Å²) in [6.07, 6.45) is 0.777. The van der Waals surface area contributed by atoms with Crippen molar-refractivity contribution in [2.45, 2.75) is 20.3 Å². The average molecular weight is 250 g/mol. The molecule has 0 aliphatic heterocycles. The Bertz CT molecular complexity index is 548. The van der Waals surface area contributed by atoms with Gasteiger partial charge in [-0.05, 0) is 35.9 Å². The number of ether oxygens (including phenoxy) is 1. The van der Waals surface area contributed by atoms with E-state index in [1.54, 1.807) is 7.11 Å². The van der Waals surface area contributed by atoms with Gasteiger partial charge in [-0.15, -0.1) is 11.3 Å². The van der Waals surface area contributed by atoms with Crippen LogP contribution in [0.3, 0.4) is 0 Å². The molecule has 0 saturated carbocycles. The Hall–Kier alpha value is -1.04. The van der Waals surface area contributed by atoms with Crippen LogP contribution >= 0.6 is 11.3 Å². The second-order valence-electron chi connectivity index (χ2n) is 4.02. The molecular weight excluding hydrogens is 235 g/mol. The zero-order valence-corrected chi connectivity index (χ0v) is 11.0. The predicted molar refractivity (Wildman–Crippen MR) is 72.3 cm³/mol. The van der Waals surface area contributed by atoms with E-state index in [1.165, 1.54) is 11.3 Å². The standard InChI is InChI=1S/C12H15BO3S/c1-4-8-9-5-7(2)6-10(16-3)11(9)17-12(8)13(14)15/h5-6,14-15H,4H2,1-3H3. The maximum atomic E-state index is 9.39. The van der Waals surface area contributed by atoms with Crippen molar-refractivity contribution >= 4 is 33.3 Å². The number of fused-ring (bicyclic) bond motifs is 1. The van der Waals surface area contributed by atoms with E-state index in [1.807, 2.05) is 19.9 Å². The van der Waals surface area contributed by atoms with Crippen molar-refractivity contribution < 1.29 is 14.8 Å². The molecule has 1 aromatic carbocycles. The first-order valence-electron chi connectivity index (χ1n) is 5.54. The number of rotatable bonds is 3. The Morgan fingerprint density at radius 1 is 1.35 bits per heavy atom. The van der Waals surface area contributed by atoms with Crippen LogP contribution in [0.15, 0.2) is 12.1 Å². The number of methoxy groups -OCH3 is 1. The highest BCUT2D eigenvalue weighted by molar-refractivity contribution is 7.28. The highest BCUT2D eigenvalue weighted by atomic mass is 32.1. The summed E-state index contributed by atoms with van der Waals surface area (Å²) in [4.78, 5) is 0. The largest absolute Gasteiger partial charge is 0.499 e. The lowest BCUT2D eigenvalue weighted by atomic mass is 9.84. The van der Waals surface area contributed by atoms with E-state index in [0.717, 1.165) is 33.4 Å². The Balaban J connectivity index is 2.81. The first-order chi connectivity index (χ1) is 8.08. The highest BCUT2D eigenvalue weighted by Crippen LogP contribution is 2.34. The van der Waals surface area contributed by atoms with Crippen LogP contribution in [0.4, 0.5) is 0 Å². The molecule has 1 heterocycles. The van der Waals surface area contributed by atoms with E-state index < -0.39 is 7.12 Å². The summed E-state index contributed by atoms with van der Waals surface area (Å²) >= 11 is 1.39. The van der Waals surface area contributed by atoms with Gasteiger partial charge in [0.15, 0.2) is 0 Å². The number of aryl methyl sites for hydroxylation is 2. The third kappa shape index (κ3) is 2.06. The van der Waals surface area contributed by atoms with Crippen molar-refractivity contribution in [1.82, 2.24) is 0 Å². The van der Waals surface area contributed by atoms with E-state index in [9.17, 15) is 10.0 Å². The molecular formula is C12H15BO3S. The average Bonchev–Trinajstić information content (AvgIpc) is 2.66. The van der Waals surface area contributed by atoms with Crippen LogP contribution in [0.5, 0.6) is 5.75 Å². The number of benzene rings is 1. The topological polar surface area (TPSA) is 49.7 Å². The third-order valence-electron chi connectivity index (χ3n) is 2.84. The summed E-state index contributed by atoms with van der Waals surface area (Å²) in [7, 11) is 0.224. The number of hydrogen-bond acceptors (Lipinski definition) is 4. The van der Waals surface area contributed by atoms with Crippen LogP contribution in [0.1, 0.15) is 18.1 Å². The van der Waals surface area contributed by atoms with Gasteiger partial charge in [0.1, 0.15) is 5.75 Å². The summed E-state index contributed by atoms with van der Waals surface area (Å²) in [5, 5.41) is 19.9. The van der Waals surface area contributed by atoms with Gasteiger partial charge < -0.3 is 14.8 Å². The van der Waals surface area contributed by atoms with Crippen LogP contribution in [-0.2, 0) is 6.42 Å². The van der Waals surface area contributed by atoms with Gasteiger partial charge in [-0.2, -0.15) is 0 Å². The molecule has 17 heavy (non-hydrogen) atoms. The van der Waals surface area contributed by atoms with E-state index in [0.29, 0.717) is 4.78 Å². The fraction of sp³-hybridized carbons (Fsp3) is 0.333. The minimum atomic E-state index is -1.41. The fourth-order valence-electron chi connectivity index (χ4n) is 2.10. The lowest BCUT2D eigenvalue weighted by Crippen LogP contribution is -2.29.